The molecule has 3 amide bonds. The van der Waals surface area contributed by atoms with Crippen LogP contribution in [0.4, 0.5) is 5.69 Å². The summed E-state index contributed by atoms with van der Waals surface area (Å²) in [5.41, 5.74) is 6.99. The molecule has 2 aliphatic rings. The zero-order chi connectivity index (χ0) is 28.3. The number of nitrogens with two attached hydrogens (primary N) is 2. The van der Waals surface area contributed by atoms with Gasteiger partial charge in [0, 0.05) is 16.7 Å². The van der Waals surface area contributed by atoms with Gasteiger partial charge in [0.1, 0.15) is 23.2 Å². The van der Waals surface area contributed by atoms with E-state index in [4.69, 9.17) is 10.9 Å². The molecule has 2 aliphatic heterocycles. The van der Waals surface area contributed by atoms with Gasteiger partial charge in [-0.1, -0.05) is 23.9 Å². The molecule has 8 N–H and O–H groups in total. The van der Waals surface area contributed by atoms with Gasteiger partial charge in [0.05, 0.1) is 5.75 Å². The minimum atomic E-state index is -3.87. The Morgan fingerprint density at radius 3 is 2.64 bits per heavy atom. The van der Waals surface area contributed by atoms with Gasteiger partial charge in [0.2, 0.25) is 27.5 Å². The lowest BCUT2D eigenvalue weighted by Crippen LogP contribution is -2.71. The van der Waals surface area contributed by atoms with Gasteiger partial charge in [0.25, 0.3) is 5.91 Å². The van der Waals surface area contributed by atoms with Gasteiger partial charge in [-0.3, -0.25) is 19.3 Å². The second-order valence-electron chi connectivity index (χ2n) is 8.39. The van der Waals surface area contributed by atoms with Gasteiger partial charge in [-0.25, -0.2) is 18.4 Å². The average Bonchev–Trinajstić information content (AvgIpc) is 3.41. The van der Waals surface area contributed by atoms with Gasteiger partial charge in [-0.2, -0.15) is 5.21 Å². The minimum Gasteiger partial charge on any atom is -0.477 e. The number of anilines is 1. The number of benzene rings is 1. The first kappa shape index (κ1) is 28.5. The number of tetrazole rings is 1. The number of carboxylic acid groups (broad SMARTS) is 1. The van der Waals surface area contributed by atoms with Crippen LogP contribution >= 0.6 is 23.5 Å². The van der Waals surface area contributed by atoms with Crippen LogP contribution < -0.4 is 21.5 Å². The lowest BCUT2D eigenvalue weighted by atomic mass is 9.99. The predicted molar refractivity (Wildman–Crippen MR) is 139 cm³/mol. The number of aromatic amines is 1. The molecule has 208 valence electrons. The SMILES string of the molecule is NC(C(=O)NC1C(=O)N2C(C(=O)O)=C(C(CCS(N)(=O)=O)Sc3nn[nH]n3)CS[C@@H]12)c1ccc(NC=O)cc1. The number of amides is 3. The topological polar surface area (TPSA) is 256 Å². The number of nitrogens with one attached hydrogen (secondary N) is 3. The van der Waals surface area contributed by atoms with E-state index in [1.165, 1.54) is 11.8 Å². The number of aromatic nitrogens is 4. The van der Waals surface area contributed by atoms with Crippen molar-refractivity contribution in [2.45, 2.75) is 34.3 Å². The van der Waals surface area contributed by atoms with Crippen molar-refractivity contribution in [1.82, 2.24) is 30.8 Å². The molecule has 1 fully saturated rings. The molecule has 1 aromatic carbocycles. The molecule has 0 radical (unpaired) electrons. The van der Waals surface area contributed by atoms with E-state index in [0.717, 1.165) is 16.7 Å². The number of sulfonamides is 1. The van der Waals surface area contributed by atoms with E-state index in [-0.39, 0.29) is 23.0 Å². The molecule has 16 nitrogen and oxygen atoms in total. The third-order valence-corrected chi connectivity index (χ3v) is 9.20. The van der Waals surface area contributed by atoms with Crippen LogP contribution in [0.2, 0.25) is 0 Å². The van der Waals surface area contributed by atoms with Crippen molar-refractivity contribution < 1.29 is 32.7 Å². The second kappa shape index (κ2) is 11.7. The highest BCUT2D eigenvalue weighted by Crippen LogP contribution is 2.44. The van der Waals surface area contributed by atoms with Crippen LogP contribution in [0.1, 0.15) is 18.0 Å². The summed E-state index contributed by atoms with van der Waals surface area (Å²) in [6.45, 7) is 0. The Bertz CT molecular complexity index is 1400. The van der Waals surface area contributed by atoms with Crippen LogP contribution in [0.5, 0.6) is 0 Å². The number of H-pyrrole nitrogens is 1. The van der Waals surface area contributed by atoms with E-state index in [1.54, 1.807) is 24.3 Å². The number of aliphatic carboxylic acids is 1. The first-order valence-corrected chi connectivity index (χ1v) is 14.8. The van der Waals surface area contributed by atoms with Crippen LogP contribution in [0, 0.1) is 0 Å². The summed E-state index contributed by atoms with van der Waals surface area (Å²) in [6.07, 6.45) is 0.447. The van der Waals surface area contributed by atoms with Crippen molar-refractivity contribution in [1.29, 1.82) is 0 Å². The minimum absolute atomic E-state index is 0.0619. The van der Waals surface area contributed by atoms with Crippen molar-refractivity contribution in [3.05, 3.63) is 41.1 Å². The van der Waals surface area contributed by atoms with Crippen molar-refractivity contribution in [2.75, 3.05) is 16.8 Å². The normalized spacial score (nSPS) is 20.5. The van der Waals surface area contributed by atoms with E-state index >= 15 is 0 Å². The zero-order valence-electron chi connectivity index (χ0n) is 19.9. The molecule has 3 heterocycles. The lowest BCUT2D eigenvalue weighted by Gasteiger charge is -2.50. The molecule has 3 unspecified atom stereocenters. The van der Waals surface area contributed by atoms with Gasteiger partial charge >= 0.3 is 5.97 Å². The number of carbonyl (C=O) groups excluding carboxylic acids is 3. The highest BCUT2D eigenvalue weighted by atomic mass is 32.2. The van der Waals surface area contributed by atoms with Crippen LogP contribution in [-0.2, 0) is 29.2 Å². The van der Waals surface area contributed by atoms with Crippen molar-refractivity contribution >= 4 is 63.4 Å². The second-order valence-corrected chi connectivity index (χ2v) is 12.4. The average molecular weight is 598 g/mol. The summed E-state index contributed by atoms with van der Waals surface area (Å²) < 4.78 is 23.2. The molecule has 39 heavy (non-hydrogen) atoms. The largest absolute Gasteiger partial charge is 0.477 e. The van der Waals surface area contributed by atoms with E-state index in [1.807, 2.05) is 0 Å². The Kier molecular flexibility index (Phi) is 8.54. The van der Waals surface area contributed by atoms with Crippen molar-refractivity contribution in [2.24, 2.45) is 10.9 Å². The number of hydrogen-bond donors (Lipinski definition) is 6. The highest BCUT2D eigenvalue weighted by molar-refractivity contribution is 8.01. The van der Waals surface area contributed by atoms with E-state index in [0.29, 0.717) is 23.2 Å². The maximum atomic E-state index is 13.1. The molecule has 1 aromatic heterocycles. The van der Waals surface area contributed by atoms with E-state index in [2.05, 4.69) is 31.3 Å². The van der Waals surface area contributed by atoms with Gasteiger partial charge < -0.3 is 21.5 Å². The standard InChI is InChI=1S/C20H23N9O7S3/c21-13(9-1-3-10(4-2-9)23-8-30)16(31)24-14-17(32)29-15(19(33)34)11(7-37-18(14)29)12(5-6-39(22,35)36)38-20-25-27-28-26-20/h1-4,8,12-14,18H,5-7,21H2,(H,23,30)(H,24,31)(H,33,34)(H2,22,35,36)(H,25,26,27,28)/t12?,13?,14?,18-/m0/s1. The van der Waals surface area contributed by atoms with E-state index in [9.17, 15) is 32.7 Å². The Hall–Kier alpha value is -3.52. The molecule has 1 saturated heterocycles. The predicted octanol–water partition coefficient (Wildman–Crippen LogP) is -1.65. The number of rotatable bonds is 12. The number of carbonyl (C=O) groups is 4. The maximum absolute atomic E-state index is 13.1. The third kappa shape index (κ3) is 6.38. The smallest absolute Gasteiger partial charge is 0.352 e. The molecule has 19 heteroatoms. The molecular weight excluding hydrogens is 574 g/mol. The Morgan fingerprint density at radius 1 is 1.33 bits per heavy atom. The first-order chi connectivity index (χ1) is 18.5. The van der Waals surface area contributed by atoms with Gasteiger partial charge in [0.15, 0.2) is 0 Å². The number of nitrogens with zero attached hydrogens (tertiary/aromatic N) is 4. The number of fused-ring (bicyclic) bond motifs is 1. The molecule has 0 saturated carbocycles. The maximum Gasteiger partial charge on any atom is 0.352 e. The van der Waals surface area contributed by atoms with Gasteiger partial charge in [-0.15, -0.1) is 22.0 Å². The van der Waals surface area contributed by atoms with Crippen molar-refractivity contribution in [3.8, 4) is 0 Å². The summed E-state index contributed by atoms with van der Waals surface area (Å²) in [5.74, 6) is -3.00. The van der Waals surface area contributed by atoms with E-state index < -0.39 is 56.3 Å². The molecule has 0 spiro atoms. The summed E-state index contributed by atoms with van der Waals surface area (Å²) in [7, 11) is -3.87. The molecular formula is C20H23N9O7S3. The number of hydrogen-bond acceptors (Lipinski definition) is 12. The number of primary sulfonamides is 1. The third-order valence-electron chi connectivity index (χ3n) is 5.90. The summed E-state index contributed by atoms with van der Waals surface area (Å²) in [4.78, 5) is 49.8. The van der Waals surface area contributed by atoms with Crippen molar-refractivity contribution in [3.63, 3.8) is 0 Å². The Labute approximate surface area is 229 Å². The lowest BCUT2D eigenvalue weighted by molar-refractivity contribution is -0.150. The highest BCUT2D eigenvalue weighted by Gasteiger charge is 2.55. The first-order valence-electron chi connectivity index (χ1n) is 11.2. The Morgan fingerprint density at radius 2 is 2.05 bits per heavy atom. The van der Waals surface area contributed by atoms with Gasteiger partial charge in [-0.05, 0) is 34.9 Å². The molecule has 4 rings (SSSR count). The summed E-state index contributed by atoms with van der Waals surface area (Å²) >= 11 is 2.20. The summed E-state index contributed by atoms with van der Waals surface area (Å²) in [5, 5.41) is 32.3. The Balaban J connectivity index is 1.52. The fraction of sp³-hybridized carbons (Fsp3) is 0.350. The van der Waals surface area contributed by atoms with Crippen LogP contribution in [0.3, 0.4) is 0 Å². The molecule has 0 aliphatic carbocycles. The fourth-order valence-electron chi connectivity index (χ4n) is 4.04. The number of β-lactam (4-membered cyclic amide) rings is 1. The van der Waals surface area contributed by atoms with Crippen LogP contribution in [-0.4, -0.2) is 91.4 Å². The molecule has 0 bridgehead atoms. The summed E-state index contributed by atoms with van der Waals surface area (Å²) in [6, 6.07) is 4.10. The zero-order valence-corrected chi connectivity index (χ0v) is 22.3. The number of carboxylic acids is 1. The van der Waals surface area contributed by atoms with Crippen LogP contribution in [0.25, 0.3) is 0 Å². The monoisotopic (exact) mass is 597 g/mol. The van der Waals surface area contributed by atoms with Crippen LogP contribution in [0.15, 0.2) is 40.7 Å². The quantitative estimate of drug-likeness (QED) is 0.0911. The fourth-order valence-corrected chi connectivity index (χ4v) is 7.30. The molecule has 4 atom stereocenters. The number of thioether (sulfide) groups is 2. The molecule has 2 aromatic rings.